The Labute approximate surface area is 168 Å². The predicted molar refractivity (Wildman–Crippen MR) is 116 cm³/mol. The van der Waals surface area contributed by atoms with Crippen LogP contribution in [0, 0.1) is 0 Å². The number of aromatic nitrogens is 1. The van der Waals surface area contributed by atoms with E-state index in [4.69, 9.17) is 0 Å². The number of carbonyl (C=O) groups excluding carboxylic acids is 1. The summed E-state index contributed by atoms with van der Waals surface area (Å²) in [4.78, 5) is 31.7. The SMILES string of the molecule is CSC1=NC=CC(c2c[nH]c(=O)c(NC(=O)c3ccc(C(C)(C)C)cc3)c2)N1. The number of hydrogen-bond acceptors (Lipinski definition) is 5. The number of aromatic amines is 1. The molecule has 1 aromatic carbocycles. The van der Waals surface area contributed by atoms with Gasteiger partial charge in [-0.1, -0.05) is 44.7 Å². The molecule has 2 heterocycles. The number of benzene rings is 1. The lowest BCUT2D eigenvalue weighted by Crippen LogP contribution is -2.28. The summed E-state index contributed by atoms with van der Waals surface area (Å²) in [6.45, 7) is 6.36. The number of pyridine rings is 1. The average Bonchev–Trinajstić information content (AvgIpc) is 2.69. The fourth-order valence-electron chi connectivity index (χ4n) is 2.81. The van der Waals surface area contributed by atoms with Crippen LogP contribution in [0.15, 0.2) is 58.6 Å². The highest BCUT2D eigenvalue weighted by Crippen LogP contribution is 2.23. The first kappa shape index (κ1) is 19.9. The molecule has 3 N–H and O–H groups in total. The van der Waals surface area contributed by atoms with Crippen LogP contribution >= 0.6 is 11.8 Å². The van der Waals surface area contributed by atoms with Gasteiger partial charge in [-0.3, -0.25) is 9.59 Å². The Kier molecular flexibility index (Phi) is 5.74. The van der Waals surface area contributed by atoms with Crippen LogP contribution in [-0.4, -0.2) is 22.3 Å². The molecule has 0 aliphatic carbocycles. The first-order valence-electron chi connectivity index (χ1n) is 8.97. The van der Waals surface area contributed by atoms with Gasteiger partial charge in [-0.25, -0.2) is 4.99 Å². The normalized spacial score (nSPS) is 16.3. The van der Waals surface area contributed by atoms with Gasteiger partial charge in [-0.2, -0.15) is 0 Å². The topological polar surface area (TPSA) is 86.3 Å². The lowest BCUT2D eigenvalue weighted by molar-refractivity contribution is 0.102. The lowest BCUT2D eigenvalue weighted by atomic mass is 9.87. The van der Waals surface area contributed by atoms with Gasteiger partial charge in [0.25, 0.3) is 11.5 Å². The molecule has 0 fully saturated rings. The summed E-state index contributed by atoms with van der Waals surface area (Å²) in [7, 11) is 0. The zero-order valence-electron chi connectivity index (χ0n) is 16.4. The van der Waals surface area contributed by atoms with Gasteiger partial charge in [0.05, 0.1) is 6.04 Å². The predicted octanol–water partition coefficient (Wildman–Crippen LogP) is 3.80. The first-order chi connectivity index (χ1) is 13.3. The van der Waals surface area contributed by atoms with Crippen molar-refractivity contribution < 1.29 is 4.79 Å². The van der Waals surface area contributed by atoms with Gasteiger partial charge in [0, 0.05) is 18.0 Å². The van der Waals surface area contributed by atoms with E-state index in [1.165, 1.54) is 11.8 Å². The molecule has 28 heavy (non-hydrogen) atoms. The zero-order chi connectivity index (χ0) is 20.3. The van der Waals surface area contributed by atoms with Crippen molar-refractivity contribution in [3.63, 3.8) is 0 Å². The summed E-state index contributed by atoms with van der Waals surface area (Å²) < 4.78 is 0. The van der Waals surface area contributed by atoms with Crippen LogP contribution in [0.2, 0.25) is 0 Å². The molecule has 1 aliphatic rings. The molecule has 6 nitrogen and oxygen atoms in total. The van der Waals surface area contributed by atoms with E-state index >= 15 is 0 Å². The maximum absolute atomic E-state index is 12.6. The second kappa shape index (κ2) is 8.06. The number of amides is 1. The Bertz CT molecular complexity index is 985. The van der Waals surface area contributed by atoms with Gasteiger partial charge in [0.15, 0.2) is 5.17 Å². The van der Waals surface area contributed by atoms with Gasteiger partial charge in [-0.05, 0) is 47.1 Å². The van der Waals surface area contributed by atoms with E-state index < -0.39 is 0 Å². The third kappa shape index (κ3) is 4.54. The fraction of sp³-hybridized carbons (Fsp3) is 0.286. The van der Waals surface area contributed by atoms with E-state index in [1.54, 1.807) is 30.6 Å². The molecule has 146 valence electrons. The van der Waals surface area contributed by atoms with Gasteiger partial charge >= 0.3 is 0 Å². The molecule has 1 aliphatic heterocycles. The molecule has 1 aromatic heterocycles. The average molecular weight is 397 g/mol. The van der Waals surface area contributed by atoms with Gasteiger partial charge in [0.2, 0.25) is 0 Å². The summed E-state index contributed by atoms with van der Waals surface area (Å²) in [6, 6.07) is 9.00. The summed E-state index contributed by atoms with van der Waals surface area (Å²) in [5.41, 5.74) is 2.36. The van der Waals surface area contributed by atoms with E-state index in [9.17, 15) is 9.59 Å². The van der Waals surface area contributed by atoms with Crippen molar-refractivity contribution >= 4 is 28.5 Å². The Morgan fingerprint density at radius 2 is 1.93 bits per heavy atom. The van der Waals surface area contributed by atoms with Gasteiger partial charge in [0.1, 0.15) is 5.69 Å². The molecule has 1 atom stereocenters. The van der Waals surface area contributed by atoms with Gasteiger partial charge in [-0.15, -0.1) is 0 Å². The molecule has 3 rings (SSSR count). The molecular weight excluding hydrogens is 372 g/mol. The van der Waals surface area contributed by atoms with E-state index in [2.05, 4.69) is 41.4 Å². The fourth-order valence-corrected chi connectivity index (χ4v) is 3.22. The number of H-pyrrole nitrogens is 1. The van der Waals surface area contributed by atoms with E-state index in [0.29, 0.717) is 5.56 Å². The van der Waals surface area contributed by atoms with Crippen LogP contribution in [-0.2, 0) is 5.41 Å². The third-order valence-electron chi connectivity index (χ3n) is 4.49. The second-order valence-corrected chi connectivity index (χ2v) is 8.35. The van der Waals surface area contributed by atoms with Crippen molar-refractivity contribution in [2.45, 2.75) is 32.2 Å². The molecule has 2 aromatic rings. The Balaban J connectivity index is 1.79. The molecule has 1 unspecified atom stereocenters. The van der Waals surface area contributed by atoms with E-state index in [1.807, 2.05) is 24.5 Å². The molecule has 0 radical (unpaired) electrons. The summed E-state index contributed by atoms with van der Waals surface area (Å²) in [5, 5.41) is 6.78. The van der Waals surface area contributed by atoms with E-state index in [0.717, 1.165) is 16.3 Å². The minimum atomic E-state index is -0.345. The minimum absolute atomic E-state index is 0.0138. The highest BCUT2D eigenvalue weighted by atomic mass is 32.2. The van der Waals surface area contributed by atoms with Crippen molar-refractivity contribution in [1.29, 1.82) is 0 Å². The summed E-state index contributed by atoms with van der Waals surface area (Å²) in [6.07, 6.45) is 7.20. The number of thioether (sulfide) groups is 1. The molecule has 0 bridgehead atoms. The number of carbonyl (C=O) groups is 1. The number of hydrogen-bond donors (Lipinski definition) is 3. The number of aliphatic imine (C=N–C) groups is 1. The number of nitrogens with one attached hydrogen (secondary N) is 3. The summed E-state index contributed by atoms with van der Waals surface area (Å²) >= 11 is 1.51. The molecule has 0 saturated carbocycles. The lowest BCUT2D eigenvalue weighted by Gasteiger charge is -2.20. The zero-order valence-corrected chi connectivity index (χ0v) is 17.2. The van der Waals surface area contributed by atoms with Crippen molar-refractivity contribution in [1.82, 2.24) is 10.3 Å². The highest BCUT2D eigenvalue weighted by molar-refractivity contribution is 8.13. The standard InChI is InChI=1S/C21H24N4O2S/c1-21(2,3)15-7-5-13(6-8-15)18(26)24-17-11-14(12-23-19(17)27)16-9-10-22-20(25-16)28-4/h5-12,16H,1-4H3,(H,22,25)(H,23,27)(H,24,26). The quantitative estimate of drug-likeness (QED) is 0.736. The number of nitrogens with zero attached hydrogens (tertiary/aromatic N) is 1. The third-order valence-corrected chi connectivity index (χ3v) is 5.10. The Hall–Kier alpha value is -2.80. The van der Waals surface area contributed by atoms with Crippen LogP contribution in [0.3, 0.4) is 0 Å². The van der Waals surface area contributed by atoms with Crippen LogP contribution in [0.1, 0.15) is 48.3 Å². The summed E-state index contributed by atoms with van der Waals surface area (Å²) in [5.74, 6) is -0.318. The van der Waals surface area contributed by atoms with Crippen LogP contribution in [0.5, 0.6) is 0 Å². The van der Waals surface area contributed by atoms with Crippen LogP contribution in [0.25, 0.3) is 0 Å². The smallest absolute Gasteiger partial charge is 0.271 e. The van der Waals surface area contributed by atoms with Crippen molar-refractivity contribution in [2.24, 2.45) is 4.99 Å². The van der Waals surface area contributed by atoms with Crippen LogP contribution < -0.4 is 16.2 Å². The number of rotatable bonds is 3. The molecule has 7 heteroatoms. The number of anilines is 1. The maximum Gasteiger partial charge on any atom is 0.271 e. The van der Waals surface area contributed by atoms with Crippen molar-refractivity contribution in [3.05, 3.63) is 75.8 Å². The maximum atomic E-state index is 12.6. The largest absolute Gasteiger partial charge is 0.354 e. The molecule has 0 saturated heterocycles. The minimum Gasteiger partial charge on any atom is -0.354 e. The van der Waals surface area contributed by atoms with Crippen LogP contribution in [0.4, 0.5) is 5.69 Å². The first-order valence-corrected chi connectivity index (χ1v) is 10.2. The van der Waals surface area contributed by atoms with Crippen molar-refractivity contribution in [3.8, 4) is 0 Å². The van der Waals surface area contributed by atoms with E-state index in [-0.39, 0.29) is 28.6 Å². The monoisotopic (exact) mass is 396 g/mol. The highest BCUT2D eigenvalue weighted by Gasteiger charge is 2.17. The number of amidine groups is 1. The molecule has 1 amide bonds. The Morgan fingerprint density at radius 3 is 2.57 bits per heavy atom. The second-order valence-electron chi connectivity index (χ2n) is 7.56. The van der Waals surface area contributed by atoms with Gasteiger partial charge < -0.3 is 15.6 Å². The molecular formula is C21H24N4O2S. The van der Waals surface area contributed by atoms with Crippen molar-refractivity contribution in [2.75, 3.05) is 11.6 Å². The molecule has 0 spiro atoms. The Morgan fingerprint density at radius 1 is 1.21 bits per heavy atom.